The number of rotatable bonds is 2. The highest BCUT2D eigenvalue weighted by molar-refractivity contribution is 9.10. The highest BCUT2D eigenvalue weighted by Crippen LogP contribution is 2.35. The number of aryl methyl sites for hydroxylation is 1. The summed E-state index contributed by atoms with van der Waals surface area (Å²) in [4.78, 5) is 11.4. The van der Waals surface area contributed by atoms with Crippen molar-refractivity contribution < 1.29 is 4.79 Å². The van der Waals surface area contributed by atoms with Gasteiger partial charge in [0, 0.05) is 10.2 Å². The molecular weight excluding hydrogens is 338 g/mol. The Hall–Kier alpha value is -1.32. The molecule has 20 heavy (non-hydrogen) atoms. The molecule has 0 saturated carbocycles. The first-order valence-electron chi connectivity index (χ1n) is 6.37. The molecule has 1 N–H and O–H groups in total. The Balaban J connectivity index is 1.99. The summed E-state index contributed by atoms with van der Waals surface area (Å²) in [6, 6.07) is 12.0. The van der Waals surface area contributed by atoms with E-state index in [9.17, 15) is 4.79 Å². The van der Waals surface area contributed by atoms with E-state index in [1.165, 1.54) is 0 Å². The number of amides is 1. The highest BCUT2D eigenvalue weighted by atomic mass is 79.9. The third kappa shape index (κ3) is 2.48. The van der Waals surface area contributed by atoms with Gasteiger partial charge >= 0.3 is 0 Å². The molecule has 2 nitrogen and oxygen atoms in total. The second kappa shape index (κ2) is 5.23. The summed E-state index contributed by atoms with van der Waals surface area (Å²) in [5.41, 5.74) is 5.17. The molecule has 2 aromatic carbocycles. The van der Waals surface area contributed by atoms with Crippen LogP contribution < -0.4 is 5.32 Å². The van der Waals surface area contributed by atoms with Gasteiger partial charge in [-0.15, -0.1) is 11.6 Å². The lowest BCUT2D eigenvalue weighted by atomic mass is 9.98. The van der Waals surface area contributed by atoms with Gasteiger partial charge in [-0.2, -0.15) is 0 Å². The average Bonchev–Trinajstić information content (AvgIpc) is 2.79. The molecule has 1 aliphatic rings. The van der Waals surface area contributed by atoms with Crippen molar-refractivity contribution in [1.29, 1.82) is 0 Å². The largest absolute Gasteiger partial charge is 0.326 e. The predicted molar refractivity (Wildman–Crippen MR) is 85.4 cm³/mol. The van der Waals surface area contributed by atoms with Gasteiger partial charge in [-0.25, -0.2) is 0 Å². The molecule has 0 spiro atoms. The van der Waals surface area contributed by atoms with Gasteiger partial charge in [0.15, 0.2) is 0 Å². The van der Waals surface area contributed by atoms with E-state index in [0.717, 1.165) is 32.4 Å². The van der Waals surface area contributed by atoms with E-state index >= 15 is 0 Å². The zero-order chi connectivity index (χ0) is 14.3. The van der Waals surface area contributed by atoms with Gasteiger partial charge in [0.2, 0.25) is 5.91 Å². The fraction of sp³-hybridized carbons (Fsp3) is 0.188. The van der Waals surface area contributed by atoms with Crippen LogP contribution in [0.4, 0.5) is 5.69 Å². The first-order chi connectivity index (χ1) is 9.54. The predicted octanol–water partition coefficient (Wildman–Crippen LogP) is 4.58. The standard InChI is InChI=1S/C16H13BrClNO/c1-9-2-4-12(17)8-13(9)16(18)10-3-5-14-11(6-10)7-15(20)19-14/h2-6,8,16H,7H2,1H3,(H,19,20). The second-order valence-corrected chi connectivity index (χ2v) is 6.36. The van der Waals surface area contributed by atoms with Crippen molar-refractivity contribution in [3.8, 4) is 0 Å². The van der Waals surface area contributed by atoms with E-state index in [1.54, 1.807) is 0 Å². The molecule has 0 saturated heterocycles. The monoisotopic (exact) mass is 349 g/mol. The maximum absolute atomic E-state index is 11.4. The van der Waals surface area contributed by atoms with E-state index in [-0.39, 0.29) is 11.3 Å². The van der Waals surface area contributed by atoms with Gasteiger partial charge < -0.3 is 5.32 Å². The summed E-state index contributed by atoms with van der Waals surface area (Å²) in [7, 11) is 0. The van der Waals surface area contributed by atoms with Crippen LogP contribution in [0.25, 0.3) is 0 Å². The quantitative estimate of drug-likeness (QED) is 0.789. The maximum atomic E-state index is 11.4. The normalized spacial score (nSPS) is 14.8. The van der Waals surface area contributed by atoms with Crippen LogP contribution in [0.3, 0.4) is 0 Å². The van der Waals surface area contributed by atoms with Crippen molar-refractivity contribution in [2.45, 2.75) is 18.7 Å². The lowest BCUT2D eigenvalue weighted by Gasteiger charge is -2.14. The molecule has 4 heteroatoms. The zero-order valence-electron chi connectivity index (χ0n) is 10.9. The minimum absolute atomic E-state index is 0.0434. The fourth-order valence-electron chi connectivity index (χ4n) is 2.47. The second-order valence-electron chi connectivity index (χ2n) is 5.01. The minimum atomic E-state index is -0.214. The fourth-order valence-corrected chi connectivity index (χ4v) is 3.22. The summed E-state index contributed by atoms with van der Waals surface area (Å²) < 4.78 is 1.02. The molecule has 1 amide bonds. The zero-order valence-corrected chi connectivity index (χ0v) is 13.3. The van der Waals surface area contributed by atoms with Crippen molar-refractivity contribution in [3.63, 3.8) is 0 Å². The number of anilines is 1. The van der Waals surface area contributed by atoms with Gasteiger partial charge in [0.1, 0.15) is 0 Å². The molecule has 0 bridgehead atoms. The molecule has 0 aromatic heterocycles. The molecule has 1 unspecified atom stereocenters. The molecule has 0 fully saturated rings. The van der Waals surface area contributed by atoms with Crippen LogP contribution >= 0.6 is 27.5 Å². The van der Waals surface area contributed by atoms with E-state index < -0.39 is 0 Å². The van der Waals surface area contributed by atoms with Crippen molar-refractivity contribution in [2.24, 2.45) is 0 Å². The molecular formula is C16H13BrClNO. The molecule has 2 aromatic rings. The SMILES string of the molecule is Cc1ccc(Br)cc1C(Cl)c1ccc2c(c1)CC(=O)N2. The van der Waals surface area contributed by atoms with Crippen molar-refractivity contribution in [3.05, 3.63) is 63.1 Å². The average molecular weight is 351 g/mol. The first-order valence-corrected chi connectivity index (χ1v) is 7.60. The number of hydrogen-bond donors (Lipinski definition) is 1. The molecule has 1 heterocycles. The van der Waals surface area contributed by atoms with Gasteiger partial charge in [-0.05, 0) is 47.4 Å². The lowest BCUT2D eigenvalue weighted by molar-refractivity contribution is -0.115. The van der Waals surface area contributed by atoms with Crippen LogP contribution in [0.2, 0.25) is 0 Å². The van der Waals surface area contributed by atoms with Crippen LogP contribution in [0.15, 0.2) is 40.9 Å². The number of nitrogens with one attached hydrogen (secondary N) is 1. The Kier molecular flexibility index (Phi) is 3.57. The third-order valence-corrected chi connectivity index (χ3v) is 4.54. The Morgan fingerprint density at radius 3 is 2.85 bits per heavy atom. The van der Waals surface area contributed by atoms with Crippen molar-refractivity contribution >= 4 is 39.1 Å². The molecule has 102 valence electrons. The lowest BCUT2D eigenvalue weighted by Crippen LogP contribution is -2.03. The Morgan fingerprint density at radius 2 is 2.05 bits per heavy atom. The number of carbonyl (C=O) groups excluding carboxylic acids is 1. The van der Waals surface area contributed by atoms with Gasteiger partial charge in [-0.3, -0.25) is 4.79 Å². The summed E-state index contributed by atoms with van der Waals surface area (Å²) in [5.74, 6) is 0.0434. The molecule has 1 aliphatic heterocycles. The summed E-state index contributed by atoms with van der Waals surface area (Å²) in [6.07, 6.45) is 0.435. The third-order valence-electron chi connectivity index (χ3n) is 3.56. The summed E-state index contributed by atoms with van der Waals surface area (Å²) in [6.45, 7) is 2.05. The summed E-state index contributed by atoms with van der Waals surface area (Å²) in [5, 5.41) is 2.62. The molecule has 0 radical (unpaired) electrons. The molecule has 3 rings (SSSR count). The maximum Gasteiger partial charge on any atom is 0.228 e. The minimum Gasteiger partial charge on any atom is -0.326 e. The number of alkyl halides is 1. The van der Waals surface area contributed by atoms with Gasteiger partial charge in [0.25, 0.3) is 0 Å². The van der Waals surface area contributed by atoms with Gasteiger partial charge in [-0.1, -0.05) is 34.1 Å². The van der Waals surface area contributed by atoms with E-state index in [4.69, 9.17) is 11.6 Å². The summed E-state index contributed by atoms with van der Waals surface area (Å²) >= 11 is 10.1. The number of hydrogen-bond acceptors (Lipinski definition) is 1. The van der Waals surface area contributed by atoms with Crippen molar-refractivity contribution in [1.82, 2.24) is 0 Å². The smallest absolute Gasteiger partial charge is 0.228 e. The van der Waals surface area contributed by atoms with Crippen LogP contribution in [-0.4, -0.2) is 5.91 Å². The highest BCUT2D eigenvalue weighted by Gasteiger charge is 2.20. The number of halogens is 2. The van der Waals surface area contributed by atoms with E-state index in [0.29, 0.717) is 6.42 Å². The van der Waals surface area contributed by atoms with Gasteiger partial charge in [0.05, 0.1) is 11.8 Å². The number of fused-ring (bicyclic) bond motifs is 1. The van der Waals surface area contributed by atoms with E-state index in [1.807, 2.05) is 36.4 Å². The van der Waals surface area contributed by atoms with Crippen LogP contribution in [0.1, 0.15) is 27.6 Å². The van der Waals surface area contributed by atoms with Crippen LogP contribution in [0, 0.1) is 6.92 Å². The number of carbonyl (C=O) groups is 1. The molecule has 1 atom stereocenters. The van der Waals surface area contributed by atoms with Crippen molar-refractivity contribution in [2.75, 3.05) is 5.32 Å². The molecule has 0 aliphatic carbocycles. The van der Waals surface area contributed by atoms with Crippen LogP contribution in [0.5, 0.6) is 0 Å². The Bertz CT molecular complexity index is 699. The first kappa shape index (κ1) is 13.7. The van der Waals surface area contributed by atoms with Crippen LogP contribution in [-0.2, 0) is 11.2 Å². The Morgan fingerprint density at radius 1 is 1.25 bits per heavy atom. The van der Waals surface area contributed by atoms with E-state index in [2.05, 4.69) is 28.2 Å². The topological polar surface area (TPSA) is 29.1 Å². The number of benzene rings is 2. The Labute approximate surface area is 131 Å².